The predicted molar refractivity (Wildman–Crippen MR) is 115 cm³/mol. The Kier molecular flexibility index (Phi) is 5.84. The van der Waals surface area contributed by atoms with E-state index in [1.54, 1.807) is 42.6 Å². The van der Waals surface area contributed by atoms with Crippen molar-refractivity contribution in [2.45, 2.75) is 25.8 Å². The summed E-state index contributed by atoms with van der Waals surface area (Å²) in [6.45, 7) is 2.54. The first-order valence-corrected chi connectivity index (χ1v) is 11.0. The number of nitrogens with zero attached hydrogens (tertiary/aromatic N) is 4. The third kappa shape index (κ3) is 4.09. The lowest BCUT2D eigenvalue weighted by Gasteiger charge is -2.07. The van der Waals surface area contributed by atoms with Crippen LogP contribution in [0.1, 0.15) is 16.3 Å². The van der Waals surface area contributed by atoms with Crippen LogP contribution < -0.4 is 16.7 Å². The summed E-state index contributed by atoms with van der Waals surface area (Å²) in [7, 11) is 1.57. The molecule has 30 heavy (non-hydrogen) atoms. The monoisotopic (exact) mass is 446 g/mol. The van der Waals surface area contributed by atoms with Gasteiger partial charge in [-0.2, -0.15) is 21.4 Å². The van der Waals surface area contributed by atoms with Crippen LogP contribution in [0.5, 0.6) is 0 Å². The maximum Gasteiger partial charge on any atom is 0.336 e. The second kappa shape index (κ2) is 8.54. The van der Waals surface area contributed by atoms with Crippen LogP contribution in [0.4, 0.5) is 0 Å². The highest BCUT2D eigenvalue weighted by atomic mass is 32.2. The minimum absolute atomic E-state index is 0.192. The number of ether oxygens (including phenoxy) is 1. The molecule has 4 aromatic rings. The van der Waals surface area contributed by atoms with Crippen LogP contribution in [0.15, 0.2) is 43.2 Å². The number of aryl methyl sites for hydroxylation is 2. The van der Waals surface area contributed by atoms with E-state index in [-0.39, 0.29) is 11.1 Å². The molecule has 4 heterocycles. The zero-order valence-electron chi connectivity index (χ0n) is 16.3. The highest BCUT2D eigenvalue weighted by Crippen LogP contribution is 2.16. The van der Waals surface area contributed by atoms with Crippen LogP contribution in [0.25, 0.3) is 15.9 Å². The number of hydrogen-bond donors (Lipinski definition) is 0. The lowest BCUT2D eigenvalue weighted by Crippen LogP contribution is -2.22. The summed E-state index contributed by atoms with van der Waals surface area (Å²) in [5.74, 6) is 1.19. The third-order valence-corrected chi connectivity index (χ3v) is 6.25. The molecule has 0 aromatic carbocycles. The Balaban J connectivity index is 1.45. The highest BCUT2D eigenvalue weighted by Gasteiger charge is 2.11. The SMILES string of the molecule is COCc1nn2c(=O)cc(CSCCn3ccc4oc(=O)cc(C)c4c3=O)nc2s1. The Morgan fingerprint density at radius 1 is 1.27 bits per heavy atom. The van der Waals surface area contributed by atoms with Gasteiger partial charge in [0.05, 0.1) is 17.7 Å². The zero-order valence-corrected chi connectivity index (χ0v) is 17.9. The Bertz CT molecular complexity index is 1400. The Morgan fingerprint density at radius 3 is 2.90 bits per heavy atom. The van der Waals surface area contributed by atoms with Gasteiger partial charge in [0.15, 0.2) is 0 Å². The molecule has 0 fully saturated rings. The fraction of sp³-hybridized carbons (Fsp3) is 0.316. The van der Waals surface area contributed by atoms with Crippen molar-refractivity contribution in [2.24, 2.45) is 0 Å². The average molecular weight is 447 g/mol. The van der Waals surface area contributed by atoms with E-state index in [9.17, 15) is 14.4 Å². The first-order valence-electron chi connectivity index (χ1n) is 9.05. The summed E-state index contributed by atoms with van der Waals surface area (Å²) in [4.78, 5) is 41.4. The van der Waals surface area contributed by atoms with Gasteiger partial charge in [0.2, 0.25) is 4.96 Å². The zero-order chi connectivity index (χ0) is 21.3. The van der Waals surface area contributed by atoms with E-state index in [0.717, 1.165) is 0 Å². The van der Waals surface area contributed by atoms with Gasteiger partial charge in [-0.15, -0.1) is 0 Å². The molecule has 0 N–H and O–H groups in total. The summed E-state index contributed by atoms with van der Waals surface area (Å²) in [5.41, 5.74) is 0.678. The molecule has 0 amide bonds. The molecule has 0 saturated heterocycles. The van der Waals surface area contributed by atoms with Crippen molar-refractivity contribution >= 4 is 39.0 Å². The van der Waals surface area contributed by atoms with E-state index < -0.39 is 5.63 Å². The first kappa shape index (κ1) is 20.5. The molecule has 0 unspecified atom stereocenters. The Morgan fingerprint density at radius 2 is 2.10 bits per heavy atom. The van der Waals surface area contributed by atoms with Crippen molar-refractivity contribution in [3.63, 3.8) is 0 Å². The number of thioether (sulfide) groups is 1. The van der Waals surface area contributed by atoms with Crippen LogP contribution in [-0.2, 0) is 23.6 Å². The molecule has 0 spiro atoms. The standard InChI is InChI=1S/C19H18N4O5S2/c1-11-7-16(25)28-13-3-4-22(18(26)17(11)13)5-6-29-10-12-8-15(24)23-19(20-12)30-14(21-23)9-27-2/h3-4,7-8H,5-6,9-10H2,1-2H3. The van der Waals surface area contributed by atoms with E-state index >= 15 is 0 Å². The van der Waals surface area contributed by atoms with E-state index in [2.05, 4.69) is 10.1 Å². The van der Waals surface area contributed by atoms with Crippen molar-refractivity contribution in [3.8, 4) is 0 Å². The molecule has 4 aromatic heterocycles. The summed E-state index contributed by atoms with van der Waals surface area (Å²) in [5, 5.41) is 5.29. The minimum Gasteiger partial charge on any atom is -0.422 e. The minimum atomic E-state index is -0.469. The van der Waals surface area contributed by atoms with Gasteiger partial charge in [-0.1, -0.05) is 11.3 Å². The molecule has 4 rings (SSSR count). The second-order valence-corrected chi connectivity index (χ2v) is 8.71. The van der Waals surface area contributed by atoms with Gasteiger partial charge in [0.25, 0.3) is 11.1 Å². The molecule has 0 bridgehead atoms. The Labute approximate surface area is 177 Å². The largest absolute Gasteiger partial charge is 0.422 e. The summed E-state index contributed by atoms with van der Waals surface area (Å²) < 4.78 is 13.0. The summed E-state index contributed by atoms with van der Waals surface area (Å²) in [6, 6.07) is 4.43. The van der Waals surface area contributed by atoms with Crippen molar-refractivity contribution < 1.29 is 9.15 Å². The topological polar surface area (TPSA) is 109 Å². The lowest BCUT2D eigenvalue weighted by molar-refractivity contribution is 0.183. The van der Waals surface area contributed by atoms with Crippen LogP contribution in [0.2, 0.25) is 0 Å². The normalized spacial score (nSPS) is 11.5. The quantitative estimate of drug-likeness (QED) is 0.396. The van der Waals surface area contributed by atoms with Gasteiger partial charge in [-0.25, -0.2) is 9.78 Å². The van der Waals surface area contributed by atoms with Gasteiger partial charge < -0.3 is 13.7 Å². The number of pyridine rings is 1. The van der Waals surface area contributed by atoms with Crippen molar-refractivity contribution in [1.29, 1.82) is 0 Å². The number of hydrogen-bond acceptors (Lipinski definition) is 9. The highest BCUT2D eigenvalue weighted by molar-refractivity contribution is 7.98. The van der Waals surface area contributed by atoms with Crippen LogP contribution >= 0.6 is 23.1 Å². The average Bonchev–Trinajstić information content (AvgIpc) is 3.09. The fourth-order valence-corrected chi connectivity index (χ4v) is 4.78. The van der Waals surface area contributed by atoms with Gasteiger partial charge in [0, 0.05) is 43.5 Å². The smallest absolute Gasteiger partial charge is 0.336 e. The maximum atomic E-state index is 12.7. The number of methoxy groups -OCH3 is 1. The van der Waals surface area contributed by atoms with Crippen molar-refractivity contribution in [2.75, 3.05) is 12.9 Å². The molecule has 9 nitrogen and oxygen atoms in total. The molecule has 0 aliphatic rings. The summed E-state index contributed by atoms with van der Waals surface area (Å²) >= 11 is 2.89. The van der Waals surface area contributed by atoms with Gasteiger partial charge in [-0.05, 0) is 18.6 Å². The molecule has 0 saturated carbocycles. The number of rotatable bonds is 7. The summed E-state index contributed by atoms with van der Waals surface area (Å²) in [6.07, 6.45) is 1.62. The van der Waals surface area contributed by atoms with Gasteiger partial charge in [0.1, 0.15) is 10.6 Å². The Hall–Kier alpha value is -2.76. The molecular formula is C19H18N4O5S2. The first-order chi connectivity index (χ1) is 14.5. The van der Waals surface area contributed by atoms with Crippen LogP contribution in [-0.4, -0.2) is 32.0 Å². The molecule has 156 valence electrons. The van der Waals surface area contributed by atoms with Gasteiger partial charge >= 0.3 is 5.63 Å². The number of aromatic nitrogens is 4. The number of fused-ring (bicyclic) bond motifs is 2. The van der Waals surface area contributed by atoms with E-state index in [1.807, 2.05) is 0 Å². The van der Waals surface area contributed by atoms with Crippen LogP contribution in [0, 0.1) is 6.92 Å². The van der Waals surface area contributed by atoms with E-state index in [1.165, 1.54) is 28.0 Å². The van der Waals surface area contributed by atoms with E-state index in [0.29, 0.717) is 56.9 Å². The predicted octanol–water partition coefficient (Wildman–Crippen LogP) is 1.81. The van der Waals surface area contributed by atoms with E-state index in [4.69, 9.17) is 9.15 Å². The lowest BCUT2D eigenvalue weighted by atomic mass is 10.2. The maximum absolute atomic E-state index is 12.7. The third-order valence-electron chi connectivity index (χ3n) is 4.40. The van der Waals surface area contributed by atoms with Crippen molar-refractivity contribution in [1.82, 2.24) is 19.2 Å². The second-order valence-electron chi connectivity index (χ2n) is 6.56. The molecule has 0 aliphatic carbocycles. The molecular weight excluding hydrogens is 428 g/mol. The molecule has 11 heteroatoms. The fourth-order valence-electron chi connectivity index (χ4n) is 3.06. The molecule has 0 aliphatic heterocycles. The van der Waals surface area contributed by atoms with Crippen LogP contribution in [0.3, 0.4) is 0 Å². The molecule has 0 radical (unpaired) electrons. The van der Waals surface area contributed by atoms with Gasteiger partial charge in [-0.3, -0.25) is 9.59 Å². The van der Waals surface area contributed by atoms with Crippen molar-refractivity contribution in [3.05, 3.63) is 71.8 Å². The molecule has 0 atom stereocenters.